The van der Waals surface area contributed by atoms with Gasteiger partial charge in [-0.3, -0.25) is 4.79 Å². The van der Waals surface area contributed by atoms with E-state index < -0.39 is 14.8 Å². The van der Waals surface area contributed by atoms with Gasteiger partial charge in [-0.25, -0.2) is 0 Å². The Morgan fingerprint density at radius 1 is 1.35 bits per heavy atom. The topological polar surface area (TPSA) is 35.5 Å². The standard InChI is InChI=1S/C13H26O3Si/c1-10(14)15-13(16-17(5)6)8-7-11(9-13)12(2,3)4/h11,17H,7-9H2,1-6H3/t11-,13+/m0/s1. The number of hydrogen-bond donors (Lipinski definition) is 0. The molecule has 0 aliphatic heterocycles. The number of hydrogen-bond acceptors (Lipinski definition) is 3. The third-order valence-electron chi connectivity index (χ3n) is 3.44. The average molecular weight is 258 g/mol. The summed E-state index contributed by atoms with van der Waals surface area (Å²) in [6.07, 6.45) is 2.78. The van der Waals surface area contributed by atoms with E-state index in [0.717, 1.165) is 19.3 Å². The predicted octanol–water partition coefficient (Wildman–Crippen LogP) is 3.09. The van der Waals surface area contributed by atoms with E-state index in [1.165, 1.54) is 6.92 Å². The maximum Gasteiger partial charge on any atom is 0.305 e. The van der Waals surface area contributed by atoms with Gasteiger partial charge in [0.15, 0.2) is 9.04 Å². The molecule has 0 aromatic heterocycles. The fourth-order valence-electron chi connectivity index (χ4n) is 2.63. The second kappa shape index (κ2) is 5.10. The van der Waals surface area contributed by atoms with Crippen molar-refractivity contribution in [1.82, 2.24) is 0 Å². The molecule has 0 N–H and O–H groups in total. The van der Waals surface area contributed by atoms with Crippen molar-refractivity contribution in [3.05, 3.63) is 0 Å². The third kappa shape index (κ3) is 4.10. The maximum absolute atomic E-state index is 11.3. The lowest BCUT2D eigenvalue weighted by molar-refractivity contribution is -0.196. The quantitative estimate of drug-likeness (QED) is 0.443. The molecule has 3 nitrogen and oxygen atoms in total. The lowest BCUT2D eigenvalue weighted by atomic mass is 9.79. The summed E-state index contributed by atoms with van der Waals surface area (Å²) in [5.74, 6) is -0.284. The SMILES string of the molecule is CC(=O)O[C@@]1(O[SiH](C)C)CC[C@H](C(C)(C)C)C1. The van der Waals surface area contributed by atoms with Crippen LogP contribution >= 0.6 is 0 Å². The fourth-order valence-corrected chi connectivity index (χ4v) is 3.75. The summed E-state index contributed by atoms with van der Waals surface area (Å²) in [6.45, 7) is 12.4. The summed E-state index contributed by atoms with van der Waals surface area (Å²) < 4.78 is 11.5. The smallest absolute Gasteiger partial charge is 0.305 e. The maximum atomic E-state index is 11.3. The van der Waals surface area contributed by atoms with E-state index in [1.807, 2.05) is 0 Å². The highest BCUT2D eigenvalue weighted by molar-refractivity contribution is 6.48. The molecule has 0 aromatic rings. The number of esters is 1. The van der Waals surface area contributed by atoms with E-state index in [2.05, 4.69) is 33.9 Å². The third-order valence-corrected chi connectivity index (χ3v) is 4.34. The Labute approximate surface area is 107 Å². The van der Waals surface area contributed by atoms with Crippen LogP contribution in [0.2, 0.25) is 13.1 Å². The molecule has 0 saturated heterocycles. The minimum atomic E-state index is -1.21. The zero-order valence-electron chi connectivity index (χ0n) is 12.0. The van der Waals surface area contributed by atoms with Crippen molar-refractivity contribution in [2.45, 2.75) is 65.8 Å². The Hall–Kier alpha value is -0.353. The predicted molar refractivity (Wildman–Crippen MR) is 71.3 cm³/mol. The van der Waals surface area contributed by atoms with Crippen molar-refractivity contribution in [1.29, 1.82) is 0 Å². The zero-order valence-corrected chi connectivity index (χ0v) is 13.2. The van der Waals surface area contributed by atoms with Crippen LogP contribution < -0.4 is 0 Å². The first kappa shape index (κ1) is 14.7. The van der Waals surface area contributed by atoms with Crippen LogP contribution in [0.3, 0.4) is 0 Å². The van der Waals surface area contributed by atoms with E-state index in [9.17, 15) is 4.79 Å². The summed E-state index contributed by atoms with van der Waals surface area (Å²) in [5.41, 5.74) is 0.254. The van der Waals surface area contributed by atoms with E-state index in [-0.39, 0.29) is 11.4 Å². The molecule has 100 valence electrons. The summed E-state index contributed by atoms with van der Waals surface area (Å²) in [6, 6.07) is 0. The molecule has 17 heavy (non-hydrogen) atoms. The van der Waals surface area contributed by atoms with Gasteiger partial charge in [-0.2, -0.15) is 0 Å². The van der Waals surface area contributed by atoms with E-state index in [1.54, 1.807) is 0 Å². The highest BCUT2D eigenvalue weighted by Gasteiger charge is 2.46. The summed E-state index contributed by atoms with van der Waals surface area (Å²) in [4.78, 5) is 11.3. The van der Waals surface area contributed by atoms with Crippen molar-refractivity contribution in [3.8, 4) is 0 Å². The van der Waals surface area contributed by atoms with Crippen LogP contribution in [0.5, 0.6) is 0 Å². The van der Waals surface area contributed by atoms with Crippen LogP contribution in [0.1, 0.15) is 47.0 Å². The van der Waals surface area contributed by atoms with Crippen molar-refractivity contribution < 1.29 is 14.0 Å². The van der Waals surface area contributed by atoms with Gasteiger partial charge in [-0.15, -0.1) is 0 Å². The van der Waals surface area contributed by atoms with Gasteiger partial charge >= 0.3 is 5.97 Å². The van der Waals surface area contributed by atoms with Crippen LogP contribution in [0.15, 0.2) is 0 Å². The normalized spacial score (nSPS) is 29.7. The van der Waals surface area contributed by atoms with E-state index in [4.69, 9.17) is 9.16 Å². The first-order chi connectivity index (χ1) is 7.65. The second-order valence-electron chi connectivity index (χ2n) is 6.48. The molecule has 0 heterocycles. The summed E-state index contributed by atoms with van der Waals surface area (Å²) >= 11 is 0. The van der Waals surface area contributed by atoms with Crippen LogP contribution in [0.4, 0.5) is 0 Å². The molecular weight excluding hydrogens is 232 g/mol. The molecule has 0 bridgehead atoms. The van der Waals surface area contributed by atoms with Gasteiger partial charge < -0.3 is 9.16 Å². The van der Waals surface area contributed by atoms with Gasteiger partial charge in [0.05, 0.1) is 0 Å². The van der Waals surface area contributed by atoms with Crippen molar-refractivity contribution in [2.75, 3.05) is 0 Å². The minimum absolute atomic E-state index is 0.228. The highest BCUT2D eigenvalue weighted by atomic mass is 28.3. The Bertz CT molecular complexity index is 283. The first-order valence-corrected chi connectivity index (χ1v) is 9.30. The number of carbonyl (C=O) groups is 1. The van der Waals surface area contributed by atoms with Gasteiger partial charge in [-0.05, 0) is 30.8 Å². The molecule has 1 aliphatic carbocycles. The number of rotatable bonds is 3. The Kier molecular flexibility index (Phi) is 4.41. The van der Waals surface area contributed by atoms with Crippen molar-refractivity contribution in [2.24, 2.45) is 11.3 Å². The Morgan fingerprint density at radius 2 is 1.94 bits per heavy atom. The molecule has 0 aromatic carbocycles. The fraction of sp³-hybridized carbons (Fsp3) is 0.923. The Morgan fingerprint density at radius 3 is 2.29 bits per heavy atom. The molecule has 1 saturated carbocycles. The van der Waals surface area contributed by atoms with E-state index >= 15 is 0 Å². The van der Waals surface area contributed by atoms with Gasteiger partial charge in [0.1, 0.15) is 0 Å². The first-order valence-electron chi connectivity index (χ1n) is 6.52. The average Bonchev–Trinajstić information content (AvgIpc) is 2.44. The molecule has 0 radical (unpaired) electrons. The number of ether oxygens (including phenoxy) is 1. The number of carbonyl (C=O) groups excluding carboxylic acids is 1. The molecule has 2 atom stereocenters. The molecule has 4 heteroatoms. The van der Waals surface area contributed by atoms with Crippen molar-refractivity contribution in [3.63, 3.8) is 0 Å². The molecular formula is C13H26O3Si. The van der Waals surface area contributed by atoms with Gasteiger partial charge in [0.25, 0.3) is 0 Å². The molecule has 1 rings (SSSR count). The molecule has 1 fully saturated rings. The van der Waals surface area contributed by atoms with Gasteiger partial charge in [0, 0.05) is 19.8 Å². The Balaban J connectivity index is 2.77. The van der Waals surface area contributed by atoms with E-state index in [0.29, 0.717) is 5.92 Å². The van der Waals surface area contributed by atoms with Crippen molar-refractivity contribution >= 4 is 15.0 Å². The second-order valence-corrected chi connectivity index (χ2v) is 8.81. The molecule has 0 unspecified atom stereocenters. The highest BCUT2D eigenvalue weighted by Crippen LogP contribution is 2.46. The summed E-state index contributed by atoms with van der Waals surface area (Å²) in [7, 11) is -1.21. The van der Waals surface area contributed by atoms with Gasteiger partial charge in [-0.1, -0.05) is 20.8 Å². The molecule has 1 aliphatic rings. The summed E-state index contributed by atoms with van der Waals surface area (Å²) in [5, 5.41) is 0. The van der Waals surface area contributed by atoms with Crippen LogP contribution in [-0.4, -0.2) is 20.8 Å². The molecule has 0 amide bonds. The van der Waals surface area contributed by atoms with Crippen LogP contribution in [-0.2, 0) is 14.0 Å². The zero-order chi connectivity index (χ0) is 13.3. The molecule has 0 spiro atoms. The monoisotopic (exact) mass is 258 g/mol. The largest absolute Gasteiger partial charge is 0.434 e. The lowest BCUT2D eigenvalue weighted by Gasteiger charge is -2.33. The van der Waals surface area contributed by atoms with Crippen LogP contribution in [0, 0.1) is 11.3 Å². The lowest BCUT2D eigenvalue weighted by Crippen LogP contribution is -2.39. The van der Waals surface area contributed by atoms with Gasteiger partial charge in [0.2, 0.25) is 5.79 Å². The minimum Gasteiger partial charge on any atom is -0.434 e. The van der Waals surface area contributed by atoms with Crippen LogP contribution in [0.25, 0.3) is 0 Å².